The predicted octanol–water partition coefficient (Wildman–Crippen LogP) is 3.04. The molecule has 1 rings (SSSR count). The van der Waals surface area contributed by atoms with Crippen LogP contribution in [-0.2, 0) is 0 Å². The molecule has 0 saturated carbocycles. The molecule has 0 N–H and O–H groups in total. The first-order valence-electron chi connectivity index (χ1n) is 3.45. The summed E-state index contributed by atoms with van der Waals surface area (Å²) in [7, 11) is 0. The van der Waals surface area contributed by atoms with Crippen LogP contribution in [0.2, 0.25) is 0 Å². The quantitative estimate of drug-likeness (QED) is 0.614. The molecule has 58 valence electrons. The van der Waals surface area contributed by atoms with Gasteiger partial charge in [0.2, 0.25) is 0 Å². The van der Waals surface area contributed by atoms with Gasteiger partial charge >= 0.3 is 0 Å². The van der Waals surface area contributed by atoms with E-state index < -0.39 is 0 Å². The lowest BCUT2D eigenvalue weighted by molar-refractivity contribution is 1.25. The Kier molecular flexibility index (Phi) is 2.60. The highest BCUT2D eigenvalue weighted by molar-refractivity contribution is 7.10. The first-order valence-corrected chi connectivity index (χ1v) is 4.33. The number of hydrogen-bond acceptors (Lipinski definition) is 2. The Morgan fingerprint density at radius 3 is 2.91 bits per heavy atom. The highest BCUT2D eigenvalue weighted by Gasteiger charge is 2.00. The zero-order valence-corrected chi connectivity index (χ0v) is 7.61. The topological polar surface area (TPSA) is 12.9 Å². The molecule has 11 heavy (non-hydrogen) atoms. The first-order chi connectivity index (χ1) is 5.25. The van der Waals surface area contributed by atoms with E-state index in [1.54, 1.807) is 17.4 Å². The zero-order valence-electron chi connectivity index (χ0n) is 6.79. The predicted molar refractivity (Wildman–Crippen MR) is 50.7 cm³/mol. The lowest BCUT2D eigenvalue weighted by Crippen LogP contribution is -1.77. The van der Waals surface area contributed by atoms with Crippen LogP contribution in [-0.4, -0.2) is 4.98 Å². The SMILES string of the molecule is C=C/C=C(\C)c1scnc1C. The summed E-state index contributed by atoms with van der Waals surface area (Å²) in [6.45, 7) is 7.74. The van der Waals surface area contributed by atoms with Gasteiger partial charge in [0, 0.05) is 0 Å². The third kappa shape index (κ3) is 1.77. The van der Waals surface area contributed by atoms with Crippen LogP contribution in [0.1, 0.15) is 17.5 Å². The molecule has 0 atom stereocenters. The Labute approximate surface area is 71.1 Å². The van der Waals surface area contributed by atoms with Crippen LogP contribution >= 0.6 is 11.3 Å². The van der Waals surface area contributed by atoms with Gasteiger partial charge < -0.3 is 0 Å². The van der Waals surface area contributed by atoms with Crippen LogP contribution in [0.3, 0.4) is 0 Å². The van der Waals surface area contributed by atoms with Gasteiger partial charge in [-0.1, -0.05) is 18.7 Å². The van der Waals surface area contributed by atoms with Crippen molar-refractivity contribution in [3.8, 4) is 0 Å². The summed E-state index contributed by atoms with van der Waals surface area (Å²) in [6.07, 6.45) is 3.80. The molecule has 0 aromatic carbocycles. The Bertz CT molecular complexity index is 284. The van der Waals surface area contributed by atoms with Crippen molar-refractivity contribution >= 4 is 16.9 Å². The highest BCUT2D eigenvalue weighted by atomic mass is 32.1. The van der Waals surface area contributed by atoms with Crippen LogP contribution in [0, 0.1) is 6.92 Å². The summed E-state index contributed by atoms with van der Waals surface area (Å²) < 4.78 is 0. The molecule has 0 unspecified atom stereocenters. The fourth-order valence-corrected chi connectivity index (χ4v) is 1.73. The van der Waals surface area contributed by atoms with Gasteiger partial charge in [0.25, 0.3) is 0 Å². The molecule has 1 heterocycles. The average molecular weight is 165 g/mol. The minimum atomic E-state index is 1.10. The smallest absolute Gasteiger partial charge is 0.0801 e. The van der Waals surface area contributed by atoms with Crippen molar-refractivity contribution in [2.45, 2.75) is 13.8 Å². The number of rotatable bonds is 2. The minimum absolute atomic E-state index is 1.10. The van der Waals surface area contributed by atoms with Crippen molar-refractivity contribution in [2.75, 3.05) is 0 Å². The van der Waals surface area contributed by atoms with Gasteiger partial charge in [-0.25, -0.2) is 4.98 Å². The van der Waals surface area contributed by atoms with E-state index in [-0.39, 0.29) is 0 Å². The Morgan fingerprint density at radius 2 is 2.45 bits per heavy atom. The second kappa shape index (κ2) is 3.49. The number of hydrogen-bond donors (Lipinski definition) is 0. The number of aryl methyl sites for hydroxylation is 1. The van der Waals surface area contributed by atoms with Crippen LogP contribution in [0.5, 0.6) is 0 Å². The Hall–Kier alpha value is -0.890. The molecule has 0 bridgehead atoms. The van der Waals surface area contributed by atoms with E-state index in [1.165, 1.54) is 10.5 Å². The monoisotopic (exact) mass is 165 g/mol. The molecule has 0 amide bonds. The number of nitrogens with zero attached hydrogens (tertiary/aromatic N) is 1. The summed E-state index contributed by atoms with van der Waals surface area (Å²) >= 11 is 1.67. The molecule has 0 aliphatic carbocycles. The van der Waals surface area contributed by atoms with Crippen molar-refractivity contribution in [3.63, 3.8) is 0 Å². The van der Waals surface area contributed by atoms with E-state index in [4.69, 9.17) is 0 Å². The summed E-state index contributed by atoms with van der Waals surface area (Å²) in [5.41, 5.74) is 4.20. The zero-order chi connectivity index (χ0) is 8.27. The van der Waals surface area contributed by atoms with E-state index in [0.29, 0.717) is 0 Å². The van der Waals surface area contributed by atoms with Crippen LogP contribution in [0.25, 0.3) is 5.57 Å². The van der Waals surface area contributed by atoms with Crippen LogP contribution < -0.4 is 0 Å². The van der Waals surface area contributed by atoms with Gasteiger partial charge in [0.15, 0.2) is 0 Å². The van der Waals surface area contributed by atoms with Gasteiger partial charge in [-0.2, -0.15) is 0 Å². The van der Waals surface area contributed by atoms with Gasteiger partial charge in [-0.05, 0) is 19.4 Å². The van der Waals surface area contributed by atoms with E-state index in [2.05, 4.69) is 18.5 Å². The number of allylic oxidation sites excluding steroid dienone is 3. The average Bonchev–Trinajstić information content (AvgIpc) is 2.36. The number of aromatic nitrogens is 1. The molecular weight excluding hydrogens is 154 g/mol. The lowest BCUT2D eigenvalue weighted by atomic mass is 10.2. The van der Waals surface area contributed by atoms with Crippen molar-refractivity contribution in [1.82, 2.24) is 4.98 Å². The van der Waals surface area contributed by atoms with Crippen molar-refractivity contribution < 1.29 is 0 Å². The molecule has 1 nitrogen and oxygen atoms in total. The third-order valence-electron chi connectivity index (χ3n) is 1.47. The molecule has 1 aromatic heterocycles. The summed E-state index contributed by atoms with van der Waals surface area (Å²) in [4.78, 5) is 5.42. The van der Waals surface area contributed by atoms with Gasteiger partial charge in [0.1, 0.15) is 0 Å². The maximum absolute atomic E-state index is 4.16. The number of thiazole rings is 1. The molecular formula is C9H11NS. The third-order valence-corrected chi connectivity index (χ3v) is 2.54. The van der Waals surface area contributed by atoms with Crippen molar-refractivity contribution in [2.24, 2.45) is 0 Å². The fraction of sp³-hybridized carbons (Fsp3) is 0.222. The maximum atomic E-state index is 4.16. The molecule has 2 heteroatoms. The van der Waals surface area contributed by atoms with Crippen LogP contribution in [0.15, 0.2) is 24.2 Å². The summed E-state index contributed by atoms with van der Waals surface area (Å²) in [5, 5.41) is 0. The van der Waals surface area contributed by atoms with E-state index in [9.17, 15) is 0 Å². The first kappa shape index (κ1) is 8.21. The fourth-order valence-electron chi connectivity index (χ4n) is 0.933. The van der Waals surface area contributed by atoms with Crippen LogP contribution in [0.4, 0.5) is 0 Å². The normalized spacial score (nSPS) is 11.6. The maximum Gasteiger partial charge on any atom is 0.0801 e. The van der Waals surface area contributed by atoms with Crippen molar-refractivity contribution in [3.05, 3.63) is 34.8 Å². The molecule has 0 radical (unpaired) electrons. The van der Waals surface area contributed by atoms with Gasteiger partial charge in [-0.15, -0.1) is 11.3 Å². The second-order valence-corrected chi connectivity index (χ2v) is 3.21. The molecule has 0 spiro atoms. The second-order valence-electron chi connectivity index (χ2n) is 2.35. The van der Waals surface area contributed by atoms with Gasteiger partial charge in [-0.3, -0.25) is 0 Å². The largest absolute Gasteiger partial charge is 0.249 e. The standard InChI is InChI=1S/C9H11NS/c1-4-5-7(2)9-8(3)10-6-11-9/h4-6H,1H2,2-3H3/b7-5+. The molecule has 0 saturated heterocycles. The van der Waals surface area contributed by atoms with Gasteiger partial charge in [0.05, 0.1) is 16.1 Å². The molecule has 0 fully saturated rings. The van der Waals surface area contributed by atoms with E-state index >= 15 is 0 Å². The minimum Gasteiger partial charge on any atom is -0.249 e. The summed E-state index contributed by atoms with van der Waals surface area (Å²) in [6, 6.07) is 0. The van der Waals surface area contributed by atoms with E-state index in [0.717, 1.165) is 5.69 Å². The summed E-state index contributed by atoms with van der Waals surface area (Å²) in [5.74, 6) is 0. The van der Waals surface area contributed by atoms with Crippen molar-refractivity contribution in [1.29, 1.82) is 0 Å². The highest BCUT2D eigenvalue weighted by Crippen LogP contribution is 2.21. The lowest BCUT2D eigenvalue weighted by Gasteiger charge is -1.94. The Morgan fingerprint density at radius 1 is 1.73 bits per heavy atom. The Balaban J connectivity index is 3.01. The molecule has 1 aromatic rings. The molecule has 0 aliphatic heterocycles. The molecule has 0 aliphatic rings. The van der Waals surface area contributed by atoms with E-state index in [1.807, 2.05) is 18.5 Å².